The standard InChI is InChI=1S/C13H15N3O3S/c1-13(2)12(17)15-7-8-16(13)20(18,19)11-6-4-3-5-10(11)9-14/h3-6H,7-8H2,1-2H3,(H,15,17). The Balaban J connectivity index is 2.56. The van der Waals surface area contributed by atoms with Crippen LogP contribution in [-0.4, -0.2) is 37.3 Å². The van der Waals surface area contributed by atoms with Crippen LogP contribution in [0.15, 0.2) is 29.2 Å². The molecular formula is C13H15N3O3S. The molecule has 6 nitrogen and oxygen atoms in total. The summed E-state index contributed by atoms with van der Waals surface area (Å²) in [7, 11) is -3.90. The number of nitriles is 1. The first kappa shape index (κ1) is 14.5. The van der Waals surface area contributed by atoms with E-state index in [0.717, 1.165) is 4.31 Å². The average molecular weight is 293 g/mol. The molecule has 0 bridgehead atoms. The number of hydrogen-bond acceptors (Lipinski definition) is 4. The van der Waals surface area contributed by atoms with Gasteiger partial charge in [-0.15, -0.1) is 0 Å². The van der Waals surface area contributed by atoms with Gasteiger partial charge in [-0.3, -0.25) is 4.79 Å². The zero-order valence-corrected chi connectivity index (χ0v) is 12.1. The van der Waals surface area contributed by atoms with Gasteiger partial charge in [0.2, 0.25) is 15.9 Å². The van der Waals surface area contributed by atoms with Crippen LogP contribution in [0.2, 0.25) is 0 Å². The van der Waals surface area contributed by atoms with E-state index in [9.17, 15) is 13.2 Å². The third-order valence-electron chi connectivity index (χ3n) is 3.36. The van der Waals surface area contributed by atoms with Crippen LogP contribution in [-0.2, 0) is 14.8 Å². The van der Waals surface area contributed by atoms with Crippen molar-refractivity contribution >= 4 is 15.9 Å². The Hall–Kier alpha value is -1.91. The van der Waals surface area contributed by atoms with E-state index >= 15 is 0 Å². The van der Waals surface area contributed by atoms with Gasteiger partial charge in [0.05, 0.1) is 10.5 Å². The fourth-order valence-electron chi connectivity index (χ4n) is 2.20. The lowest BCUT2D eigenvalue weighted by atomic mass is 10.0. The van der Waals surface area contributed by atoms with E-state index in [4.69, 9.17) is 5.26 Å². The Morgan fingerprint density at radius 1 is 1.35 bits per heavy atom. The lowest BCUT2D eigenvalue weighted by Crippen LogP contribution is -2.63. The fourth-order valence-corrected chi connectivity index (χ4v) is 4.10. The maximum atomic E-state index is 12.7. The first-order valence-corrected chi connectivity index (χ1v) is 7.56. The molecule has 1 aliphatic heterocycles. The Morgan fingerprint density at radius 3 is 2.65 bits per heavy atom. The largest absolute Gasteiger partial charge is 0.353 e. The summed E-state index contributed by atoms with van der Waals surface area (Å²) in [6.07, 6.45) is 0. The van der Waals surface area contributed by atoms with Crippen LogP contribution >= 0.6 is 0 Å². The molecule has 0 radical (unpaired) electrons. The molecule has 1 aliphatic rings. The monoisotopic (exact) mass is 293 g/mol. The molecule has 0 unspecified atom stereocenters. The summed E-state index contributed by atoms with van der Waals surface area (Å²) >= 11 is 0. The van der Waals surface area contributed by atoms with Crippen LogP contribution < -0.4 is 5.32 Å². The number of nitrogens with one attached hydrogen (secondary N) is 1. The summed E-state index contributed by atoms with van der Waals surface area (Å²) in [6, 6.07) is 7.87. The Labute approximate surface area is 118 Å². The second-order valence-corrected chi connectivity index (χ2v) is 6.83. The van der Waals surface area contributed by atoms with Crippen LogP contribution in [0.3, 0.4) is 0 Å². The first-order chi connectivity index (χ1) is 9.31. The topological polar surface area (TPSA) is 90.3 Å². The predicted molar refractivity (Wildman–Crippen MR) is 72.1 cm³/mol. The van der Waals surface area contributed by atoms with Gasteiger partial charge in [-0.1, -0.05) is 12.1 Å². The molecule has 1 fully saturated rings. The lowest BCUT2D eigenvalue weighted by Gasteiger charge is -2.39. The Morgan fingerprint density at radius 2 is 2.00 bits per heavy atom. The van der Waals surface area contributed by atoms with Crippen molar-refractivity contribution in [3.05, 3.63) is 29.8 Å². The van der Waals surface area contributed by atoms with Crippen LogP contribution in [0.4, 0.5) is 0 Å². The highest BCUT2D eigenvalue weighted by atomic mass is 32.2. The summed E-state index contributed by atoms with van der Waals surface area (Å²) < 4.78 is 26.6. The summed E-state index contributed by atoms with van der Waals surface area (Å²) in [5.41, 5.74) is -1.10. The highest BCUT2D eigenvalue weighted by Crippen LogP contribution is 2.28. The van der Waals surface area contributed by atoms with Crippen molar-refractivity contribution in [2.45, 2.75) is 24.3 Å². The second kappa shape index (κ2) is 4.89. The average Bonchev–Trinajstić information content (AvgIpc) is 2.41. The molecule has 0 aromatic heterocycles. The second-order valence-electron chi connectivity index (χ2n) is 5.00. The molecule has 106 valence electrons. The van der Waals surface area contributed by atoms with Gasteiger partial charge < -0.3 is 5.32 Å². The molecule has 1 amide bonds. The molecule has 0 aliphatic carbocycles. The third-order valence-corrected chi connectivity index (χ3v) is 5.49. The Kier molecular flexibility index (Phi) is 3.54. The molecule has 1 aromatic carbocycles. The smallest absolute Gasteiger partial charge is 0.245 e. The van der Waals surface area contributed by atoms with Crippen LogP contribution in [0, 0.1) is 11.3 Å². The SMILES string of the molecule is CC1(C)C(=O)NCCN1S(=O)(=O)c1ccccc1C#N. The highest BCUT2D eigenvalue weighted by Gasteiger charge is 2.45. The van der Waals surface area contributed by atoms with Crippen molar-refractivity contribution in [2.75, 3.05) is 13.1 Å². The summed E-state index contributed by atoms with van der Waals surface area (Å²) in [4.78, 5) is 11.8. The molecular weight excluding hydrogens is 278 g/mol. The molecule has 1 heterocycles. The quantitative estimate of drug-likeness (QED) is 0.857. The molecule has 0 spiro atoms. The van der Waals surface area contributed by atoms with Crippen LogP contribution in [0.5, 0.6) is 0 Å². The van der Waals surface area contributed by atoms with E-state index in [1.807, 2.05) is 6.07 Å². The molecule has 2 rings (SSSR count). The van der Waals surface area contributed by atoms with E-state index in [1.165, 1.54) is 12.1 Å². The van der Waals surface area contributed by atoms with E-state index in [-0.39, 0.29) is 29.5 Å². The van der Waals surface area contributed by atoms with Crippen molar-refractivity contribution < 1.29 is 13.2 Å². The summed E-state index contributed by atoms with van der Waals surface area (Å²) in [5, 5.41) is 11.7. The number of sulfonamides is 1. The normalized spacial score (nSPS) is 19.1. The Bertz CT molecular complexity index is 689. The first-order valence-electron chi connectivity index (χ1n) is 6.12. The van der Waals surface area contributed by atoms with E-state index in [2.05, 4.69) is 5.32 Å². The van der Waals surface area contributed by atoms with Crippen LogP contribution in [0.25, 0.3) is 0 Å². The van der Waals surface area contributed by atoms with E-state index in [1.54, 1.807) is 26.0 Å². The zero-order chi connectivity index (χ0) is 15.0. The van der Waals surface area contributed by atoms with Gasteiger partial charge in [-0.25, -0.2) is 8.42 Å². The maximum absolute atomic E-state index is 12.7. The number of piperazine rings is 1. The van der Waals surface area contributed by atoms with Gasteiger partial charge in [-0.05, 0) is 26.0 Å². The molecule has 20 heavy (non-hydrogen) atoms. The molecule has 1 aromatic rings. The lowest BCUT2D eigenvalue weighted by molar-refractivity contribution is -0.131. The van der Waals surface area contributed by atoms with Crippen molar-refractivity contribution in [1.29, 1.82) is 5.26 Å². The summed E-state index contributed by atoms with van der Waals surface area (Å²) in [5.74, 6) is -0.346. The minimum absolute atomic E-state index is 0.0646. The van der Waals surface area contributed by atoms with Gasteiger partial charge >= 0.3 is 0 Å². The van der Waals surface area contributed by atoms with Gasteiger partial charge in [-0.2, -0.15) is 9.57 Å². The molecule has 1 saturated heterocycles. The number of carbonyl (C=O) groups excluding carboxylic acids is 1. The predicted octanol–water partition coefficient (Wildman–Crippen LogP) is 0.457. The van der Waals surface area contributed by atoms with Gasteiger partial charge in [0.25, 0.3) is 0 Å². The van der Waals surface area contributed by atoms with Crippen molar-refractivity contribution in [3.63, 3.8) is 0 Å². The van der Waals surface area contributed by atoms with Crippen LogP contribution in [0.1, 0.15) is 19.4 Å². The highest BCUT2D eigenvalue weighted by molar-refractivity contribution is 7.89. The maximum Gasteiger partial charge on any atom is 0.245 e. The minimum Gasteiger partial charge on any atom is -0.353 e. The number of benzene rings is 1. The third kappa shape index (κ3) is 2.17. The molecule has 1 N–H and O–H groups in total. The van der Waals surface area contributed by atoms with Crippen molar-refractivity contribution in [1.82, 2.24) is 9.62 Å². The van der Waals surface area contributed by atoms with Crippen molar-refractivity contribution in [3.8, 4) is 6.07 Å². The van der Waals surface area contributed by atoms with Gasteiger partial charge in [0.1, 0.15) is 11.6 Å². The number of carbonyl (C=O) groups is 1. The zero-order valence-electron chi connectivity index (χ0n) is 11.3. The van der Waals surface area contributed by atoms with Gasteiger partial charge in [0.15, 0.2) is 0 Å². The summed E-state index contributed by atoms with van der Waals surface area (Å²) in [6.45, 7) is 3.54. The number of rotatable bonds is 2. The van der Waals surface area contributed by atoms with E-state index < -0.39 is 15.6 Å². The van der Waals surface area contributed by atoms with E-state index in [0.29, 0.717) is 0 Å². The number of amides is 1. The minimum atomic E-state index is -3.90. The molecule has 0 saturated carbocycles. The molecule has 0 atom stereocenters. The molecule has 7 heteroatoms. The number of hydrogen-bond donors (Lipinski definition) is 1. The number of nitrogens with zero attached hydrogens (tertiary/aromatic N) is 2. The van der Waals surface area contributed by atoms with Gasteiger partial charge in [0, 0.05) is 13.1 Å². The van der Waals surface area contributed by atoms with Crippen molar-refractivity contribution in [2.24, 2.45) is 0 Å². The fraction of sp³-hybridized carbons (Fsp3) is 0.385.